The Labute approximate surface area is 149 Å². The minimum atomic E-state index is -0.451. The molecule has 0 aromatic heterocycles. The molecule has 1 aromatic rings. The third-order valence-corrected chi connectivity index (χ3v) is 4.31. The van der Waals surface area contributed by atoms with Crippen molar-refractivity contribution in [3.05, 3.63) is 46.5 Å². The Bertz CT molecular complexity index is 608. The van der Waals surface area contributed by atoms with Crippen molar-refractivity contribution in [3.8, 4) is 0 Å². The first kappa shape index (κ1) is 18.8. The Morgan fingerprint density at radius 1 is 1.38 bits per heavy atom. The van der Waals surface area contributed by atoms with E-state index in [0.717, 1.165) is 23.6 Å². The Kier molecular flexibility index (Phi) is 6.30. The van der Waals surface area contributed by atoms with Gasteiger partial charge in [0.25, 0.3) is 0 Å². The summed E-state index contributed by atoms with van der Waals surface area (Å²) in [5.74, 6) is 0. The average Bonchev–Trinajstić information content (AvgIpc) is 2.52. The van der Waals surface area contributed by atoms with Crippen molar-refractivity contribution < 1.29 is 9.53 Å². The molecule has 1 aromatic carbocycles. The number of halogens is 1. The lowest BCUT2D eigenvalue weighted by Gasteiger charge is -2.30. The molecule has 1 unspecified atom stereocenters. The number of nitrogens with one attached hydrogen (secondary N) is 1. The van der Waals surface area contributed by atoms with Crippen LogP contribution in [0.3, 0.4) is 0 Å². The lowest BCUT2D eigenvalue weighted by molar-refractivity contribution is 0.0265. The first-order valence-electron chi connectivity index (χ1n) is 8.40. The number of carbonyl (C=O) groups excluding carboxylic acids is 1. The number of benzene rings is 1. The Hall–Kier alpha value is -1.52. The fraction of sp³-hybridized carbons (Fsp3) is 0.526. The van der Waals surface area contributed by atoms with Gasteiger partial charge in [0.15, 0.2) is 0 Å². The largest absolute Gasteiger partial charge is 0.444 e. The molecule has 24 heavy (non-hydrogen) atoms. The maximum atomic E-state index is 12.1. The zero-order chi connectivity index (χ0) is 17.7. The Balaban J connectivity index is 1.83. The second-order valence-corrected chi connectivity index (χ2v) is 7.57. The van der Waals surface area contributed by atoms with Crippen molar-refractivity contribution in [2.75, 3.05) is 19.6 Å². The smallest absolute Gasteiger partial charge is 0.410 e. The molecule has 5 heteroatoms. The first-order valence-corrected chi connectivity index (χ1v) is 8.78. The van der Waals surface area contributed by atoms with Gasteiger partial charge in [-0.15, -0.1) is 0 Å². The summed E-state index contributed by atoms with van der Waals surface area (Å²) in [5, 5.41) is 4.29. The molecule has 1 N–H and O–H groups in total. The number of nitrogens with zero attached hydrogens (tertiary/aromatic N) is 1. The molecule has 0 radical (unpaired) electrons. The zero-order valence-electron chi connectivity index (χ0n) is 14.9. The number of amides is 1. The molecule has 0 saturated heterocycles. The van der Waals surface area contributed by atoms with Gasteiger partial charge in [-0.05, 0) is 45.7 Å². The second-order valence-electron chi connectivity index (χ2n) is 7.16. The van der Waals surface area contributed by atoms with Crippen LogP contribution < -0.4 is 5.32 Å². The number of hydrogen-bond acceptors (Lipinski definition) is 3. The van der Waals surface area contributed by atoms with Gasteiger partial charge >= 0.3 is 6.09 Å². The summed E-state index contributed by atoms with van der Waals surface area (Å²) < 4.78 is 5.41. The van der Waals surface area contributed by atoms with E-state index in [4.69, 9.17) is 16.3 Å². The fourth-order valence-electron chi connectivity index (χ4n) is 2.58. The predicted octanol–water partition coefficient (Wildman–Crippen LogP) is 4.56. The molecule has 2 rings (SSSR count). The summed E-state index contributed by atoms with van der Waals surface area (Å²) in [6.45, 7) is 9.86. The van der Waals surface area contributed by atoms with Gasteiger partial charge in [0.05, 0.1) is 0 Å². The highest BCUT2D eigenvalue weighted by Gasteiger charge is 2.23. The highest BCUT2D eigenvalue weighted by Crippen LogP contribution is 2.22. The van der Waals surface area contributed by atoms with E-state index in [1.54, 1.807) is 4.90 Å². The summed E-state index contributed by atoms with van der Waals surface area (Å²) in [5.41, 5.74) is 1.96. The standard InChI is InChI=1S/C19H27ClN2O2/c1-14(16-7-5-6-8-17(16)20)21-13-15-9-11-22(12-10-15)18(23)24-19(2,3)4/h5-9,14,21H,10-13H2,1-4H3. The molecule has 132 valence electrons. The first-order chi connectivity index (χ1) is 11.3. The molecule has 0 spiro atoms. The molecule has 1 heterocycles. The van der Waals surface area contributed by atoms with Crippen molar-refractivity contribution >= 4 is 17.7 Å². The minimum absolute atomic E-state index is 0.184. The minimum Gasteiger partial charge on any atom is -0.444 e. The van der Waals surface area contributed by atoms with Crippen LogP contribution >= 0.6 is 11.6 Å². The van der Waals surface area contributed by atoms with Crippen LogP contribution in [0.1, 0.15) is 45.7 Å². The van der Waals surface area contributed by atoms with Crippen LogP contribution in [0.4, 0.5) is 4.79 Å². The van der Waals surface area contributed by atoms with E-state index in [9.17, 15) is 4.79 Å². The lowest BCUT2D eigenvalue weighted by Crippen LogP contribution is -2.40. The van der Waals surface area contributed by atoms with Crippen molar-refractivity contribution in [2.24, 2.45) is 0 Å². The monoisotopic (exact) mass is 350 g/mol. The molecule has 0 bridgehead atoms. The van der Waals surface area contributed by atoms with Gasteiger partial charge in [-0.3, -0.25) is 0 Å². The molecular formula is C19H27ClN2O2. The van der Waals surface area contributed by atoms with E-state index >= 15 is 0 Å². The average molecular weight is 351 g/mol. The van der Waals surface area contributed by atoms with Crippen molar-refractivity contribution in [2.45, 2.75) is 45.8 Å². The number of carbonyl (C=O) groups is 1. The summed E-state index contributed by atoms with van der Waals surface area (Å²) in [6, 6.07) is 8.07. The molecule has 0 saturated carbocycles. The van der Waals surface area contributed by atoms with E-state index < -0.39 is 5.60 Å². The maximum absolute atomic E-state index is 12.1. The summed E-state index contributed by atoms with van der Waals surface area (Å²) in [4.78, 5) is 13.8. The van der Waals surface area contributed by atoms with E-state index in [2.05, 4.69) is 18.3 Å². The van der Waals surface area contributed by atoms with E-state index in [-0.39, 0.29) is 12.1 Å². The van der Waals surface area contributed by atoms with Crippen LogP contribution in [0.15, 0.2) is 35.9 Å². The molecule has 1 aliphatic heterocycles. The van der Waals surface area contributed by atoms with Crippen LogP contribution in [0.25, 0.3) is 0 Å². The highest BCUT2D eigenvalue weighted by atomic mass is 35.5. The molecule has 1 atom stereocenters. The SMILES string of the molecule is CC(NCC1=CCN(C(=O)OC(C)(C)C)CC1)c1ccccc1Cl. The van der Waals surface area contributed by atoms with Crippen molar-refractivity contribution in [1.29, 1.82) is 0 Å². The van der Waals surface area contributed by atoms with Gasteiger partial charge < -0.3 is 15.0 Å². The van der Waals surface area contributed by atoms with Crippen LogP contribution in [-0.4, -0.2) is 36.2 Å². The molecule has 4 nitrogen and oxygen atoms in total. The highest BCUT2D eigenvalue weighted by molar-refractivity contribution is 6.31. The quantitative estimate of drug-likeness (QED) is 0.809. The predicted molar refractivity (Wildman–Crippen MR) is 98.4 cm³/mol. The summed E-state index contributed by atoms with van der Waals surface area (Å²) in [7, 11) is 0. The maximum Gasteiger partial charge on any atom is 0.410 e. The third kappa shape index (κ3) is 5.53. The molecular weight excluding hydrogens is 324 g/mol. The van der Waals surface area contributed by atoms with Crippen LogP contribution in [0.2, 0.25) is 5.02 Å². The zero-order valence-corrected chi connectivity index (χ0v) is 15.7. The molecule has 0 aliphatic carbocycles. The number of rotatable bonds is 4. The normalized spacial score (nSPS) is 16.5. The Morgan fingerprint density at radius 3 is 2.67 bits per heavy atom. The van der Waals surface area contributed by atoms with Gasteiger partial charge in [-0.2, -0.15) is 0 Å². The van der Waals surface area contributed by atoms with Crippen LogP contribution in [0.5, 0.6) is 0 Å². The fourth-order valence-corrected chi connectivity index (χ4v) is 2.88. The van der Waals surface area contributed by atoms with Gasteiger partial charge in [-0.25, -0.2) is 4.79 Å². The summed E-state index contributed by atoms with van der Waals surface area (Å²) >= 11 is 6.23. The molecule has 1 aliphatic rings. The Morgan fingerprint density at radius 2 is 2.08 bits per heavy atom. The van der Waals surface area contributed by atoms with Gasteiger partial charge in [0.2, 0.25) is 0 Å². The van der Waals surface area contributed by atoms with E-state index in [0.29, 0.717) is 13.1 Å². The van der Waals surface area contributed by atoms with Crippen molar-refractivity contribution in [1.82, 2.24) is 10.2 Å². The van der Waals surface area contributed by atoms with Crippen molar-refractivity contribution in [3.63, 3.8) is 0 Å². The third-order valence-electron chi connectivity index (χ3n) is 3.96. The number of hydrogen-bond donors (Lipinski definition) is 1. The van der Waals surface area contributed by atoms with E-state index in [1.165, 1.54) is 5.57 Å². The second kappa shape index (κ2) is 8.04. The van der Waals surface area contributed by atoms with Crippen LogP contribution in [-0.2, 0) is 4.74 Å². The number of ether oxygens (including phenoxy) is 1. The van der Waals surface area contributed by atoms with Crippen LogP contribution in [0, 0.1) is 0 Å². The summed E-state index contributed by atoms with van der Waals surface area (Å²) in [6.07, 6.45) is 2.73. The van der Waals surface area contributed by atoms with Gasteiger partial charge in [0, 0.05) is 30.7 Å². The van der Waals surface area contributed by atoms with Gasteiger partial charge in [-0.1, -0.05) is 41.4 Å². The topological polar surface area (TPSA) is 41.6 Å². The lowest BCUT2D eigenvalue weighted by atomic mass is 10.1. The molecule has 1 amide bonds. The van der Waals surface area contributed by atoms with E-state index in [1.807, 2.05) is 45.0 Å². The van der Waals surface area contributed by atoms with Gasteiger partial charge in [0.1, 0.15) is 5.60 Å². The molecule has 0 fully saturated rings.